The molecule has 3 nitrogen and oxygen atoms in total. The first-order valence-corrected chi connectivity index (χ1v) is 6.66. The predicted octanol–water partition coefficient (Wildman–Crippen LogP) is 2.09. The molecule has 1 aromatic carbocycles. The number of anilines is 1. The third kappa shape index (κ3) is 3.23. The van der Waals surface area contributed by atoms with E-state index in [1.807, 2.05) is 13.8 Å². The molecule has 4 heteroatoms. The number of hydrogen-bond acceptors (Lipinski definition) is 3. The van der Waals surface area contributed by atoms with Crippen LogP contribution in [0.2, 0.25) is 0 Å². The van der Waals surface area contributed by atoms with Crippen molar-refractivity contribution in [2.24, 2.45) is 5.92 Å². The Morgan fingerprint density at radius 2 is 1.87 bits per heavy atom. The number of sulfone groups is 1. The zero-order chi connectivity index (χ0) is 11.5. The Bertz CT molecular complexity index is 424. The van der Waals surface area contributed by atoms with E-state index in [-0.39, 0.29) is 10.6 Å². The number of benzene rings is 1. The number of nitrogens with two attached hydrogens (primary N) is 1. The van der Waals surface area contributed by atoms with Crippen LogP contribution in [0.5, 0.6) is 0 Å². The average molecular weight is 227 g/mol. The first kappa shape index (κ1) is 12.0. The van der Waals surface area contributed by atoms with Crippen LogP contribution in [0.1, 0.15) is 20.3 Å². The largest absolute Gasteiger partial charge is 0.398 e. The highest BCUT2D eigenvalue weighted by molar-refractivity contribution is 7.91. The Morgan fingerprint density at radius 3 is 2.40 bits per heavy atom. The summed E-state index contributed by atoms with van der Waals surface area (Å²) in [5.41, 5.74) is 5.97. The van der Waals surface area contributed by atoms with Gasteiger partial charge in [0.05, 0.1) is 16.3 Å². The fourth-order valence-electron chi connectivity index (χ4n) is 1.26. The van der Waals surface area contributed by atoms with Crippen molar-refractivity contribution in [3.8, 4) is 0 Å². The number of hydrogen-bond donors (Lipinski definition) is 1. The Labute approximate surface area is 91.2 Å². The summed E-state index contributed by atoms with van der Waals surface area (Å²) in [6, 6.07) is 6.60. The summed E-state index contributed by atoms with van der Waals surface area (Å²) in [6.45, 7) is 4.01. The van der Waals surface area contributed by atoms with Crippen LogP contribution in [0.25, 0.3) is 0 Å². The smallest absolute Gasteiger partial charge is 0.180 e. The molecule has 0 radical (unpaired) electrons. The van der Waals surface area contributed by atoms with Crippen molar-refractivity contribution in [2.45, 2.75) is 25.2 Å². The molecule has 0 amide bonds. The molecule has 0 saturated heterocycles. The molecule has 0 bridgehead atoms. The quantitative estimate of drug-likeness (QED) is 0.801. The van der Waals surface area contributed by atoms with Gasteiger partial charge in [0.2, 0.25) is 0 Å². The molecule has 15 heavy (non-hydrogen) atoms. The fourth-order valence-corrected chi connectivity index (χ4v) is 2.98. The van der Waals surface area contributed by atoms with Gasteiger partial charge in [0.25, 0.3) is 0 Å². The van der Waals surface area contributed by atoms with Crippen molar-refractivity contribution in [3.05, 3.63) is 24.3 Å². The Hall–Kier alpha value is -1.03. The molecule has 0 unspecified atom stereocenters. The van der Waals surface area contributed by atoms with E-state index in [1.165, 1.54) is 0 Å². The van der Waals surface area contributed by atoms with Gasteiger partial charge in [-0.2, -0.15) is 0 Å². The molecular formula is C11H17NO2S. The standard InChI is InChI=1S/C11H17NO2S/c1-9(2)7-8-15(13,14)11-6-4-3-5-10(11)12/h3-6,9H,7-8,12H2,1-2H3. The van der Waals surface area contributed by atoms with Gasteiger partial charge in [-0.1, -0.05) is 26.0 Å². The molecule has 2 N–H and O–H groups in total. The van der Waals surface area contributed by atoms with Crippen LogP contribution in [0.15, 0.2) is 29.2 Å². The van der Waals surface area contributed by atoms with Gasteiger partial charge in [-0.15, -0.1) is 0 Å². The van der Waals surface area contributed by atoms with Crippen LogP contribution >= 0.6 is 0 Å². The third-order valence-electron chi connectivity index (χ3n) is 2.22. The lowest BCUT2D eigenvalue weighted by Crippen LogP contribution is -2.11. The molecule has 0 aromatic heterocycles. The Balaban J connectivity index is 2.92. The van der Waals surface area contributed by atoms with Crippen molar-refractivity contribution in [2.75, 3.05) is 11.5 Å². The zero-order valence-electron chi connectivity index (χ0n) is 9.10. The van der Waals surface area contributed by atoms with E-state index in [0.717, 1.165) is 0 Å². The second-order valence-electron chi connectivity index (χ2n) is 4.04. The number of rotatable bonds is 4. The maximum Gasteiger partial charge on any atom is 0.180 e. The SMILES string of the molecule is CC(C)CCS(=O)(=O)c1ccccc1N. The monoisotopic (exact) mass is 227 g/mol. The van der Waals surface area contributed by atoms with Crippen molar-refractivity contribution >= 4 is 15.5 Å². The van der Waals surface area contributed by atoms with Crippen LogP contribution in [-0.2, 0) is 9.84 Å². The Morgan fingerprint density at radius 1 is 1.27 bits per heavy atom. The molecule has 1 aromatic rings. The van der Waals surface area contributed by atoms with Gasteiger partial charge in [0.15, 0.2) is 9.84 Å². The van der Waals surface area contributed by atoms with Crippen LogP contribution in [-0.4, -0.2) is 14.2 Å². The van der Waals surface area contributed by atoms with Gasteiger partial charge in [-0.25, -0.2) is 8.42 Å². The van der Waals surface area contributed by atoms with E-state index in [9.17, 15) is 8.42 Å². The topological polar surface area (TPSA) is 60.2 Å². The average Bonchev–Trinajstić information content (AvgIpc) is 2.15. The number of para-hydroxylation sites is 1. The first-order chi connectivity index (χ1) is 6.93. The summed E-state index contributed by atoms with van der Waals surface area (Å²) in [7, 11) is -3.21. The summed E-state index contributed by atoms with van der Waals surface area (Å²) < 4.78 is 23.8. The number of nitrogen functional groups attached to an aromatic ring is 1. The first-order valence-electron chi connectivity index (χ1n) is 5.01. The predicted molar refractivity (Wildman–Crippen MR) is 62.4 cm³/mol. The van der Waals surface area contributed by atoms with Gasteiger partial charge in [-0.3, -0.25) is 0 Å². The second-order valence-corrected chi connectivity index (χ2v) is 6.12. The second kappa shape index (κ2) is 4.66. The third-order valence-corrected chi connectivity index (χ3v) is 4.03. The molecule has 0 spiro atoms. The molecule has 0 heterocycles. The van der Waals surface area contributed by atoms with Gasteiger partial charge in [0, 0.05) is 0 Å². The molecule has 1 rings (SSSR count). The maximum absolute atomic E-state index is 11.9. The van der Waals surface area contributed by atoms with Crippen LogP contribution in [0.3, 0.4) is 0 Å². The highest BCUT2D eigenvalue weighted by atomic mass is 32.2. The molecule has 84 valence electrons. The van der Waals surface area contributed by atoms with E-state index in [0.29, 0.717) is 18.0 Å². The molecule has 0 aliphatic carbocycles. The summed E-state index contributed by atoms with van der Waals surface area (Å²) in [4.78, 5) is 0.255. The summed E-state index contributed by atoms with van der Waals surface area (Å²) in [5, 5.41) is 0. The minimum Gasteiger partial charge on any atom is -0.398 e. The van der Waals surface area contributed by atoms with Crippen LogP contribution in [0, 0.1) is 5.92 Å². The van der Waals surface area contributed by atoms with Crippen molar-refractivity contribution in [1.29, 1.82) is 0 Å². The minimum absolute atomic E-state index is 0.166. The van der Waals surface area contributed by atoms with E-state index < -0.39 is 9.84 Å². The van der Waals surface area contributed by atoms with E-state index in [4.69, 9.17) is 5.73 Å². The lowest BCUT2D eigenvalue weighted by Gasteiger charge is -2.08. The van der Waals surface area contributed by atoms with E-state index >= 15 is 0 Å². The van der Waals surface area contributed by atoms with Crippen molar-refractivity contribution < 1.29 is 8.42 Å². The lowest BCUT2D eigenvalue weighted by molar-refractivity contribution is 0.574. The van der Waals surface area contributed by atoms with Crippen LogP contribution < -0.4 is 5.73 Å². The zero-order valence-corrected chi connectivity index (χ0v) is 9.92. The minimum atomic E-state index is -3.21. The normalized spacial score (nSPS) is 11.9. The summed E-state index contributed by atoms with van der Waals surface area (Å²) in [6.07, 6.45) is 0.663. The van der Waals surface area contributed by atoms with Crippen LogP contribution in [0.4, 0.5) is 5.69 Å². The summed E-state index contributed by atoms with van der Waals surface area (Å²) >= 11 is 0. The lowest BCUT2D eigenvalue weighted by atomic mass is 10.2. The molecule has 0 aliphatic rings. The van der Waals surface area contributed by atoms with Crippen molar-refractivity contribution in [3.63, 3.8) is 0 Å². The molecular weight excluding hydrogens is 210 g/mol. The molecule has 0 atom stereocenters. The Kier molecular flexibility index (Phi) is 3.74. The van der Waals surface area contributed by atoms with Crippen molar-refractivity contribution in [1.82, 2.24) is 0 Å². The van der Waals surface area contributed by atoms with Gasteiger partial charge >= 0.3 is 0 Å². The molecule has 0 aliphatic heterocycles. The highest BCUT2D eigenvalue weighted by Crippen LogP contribution is 2.20. The van der Waals surface area contributed by atoms with E-state index in [1.54, 1.807) is 24.3 Å². The van der Waals surface area contributed by atoms with Gasteiger partial charge < -0.3 is 5.73 Å². The molecule has 0 saturated carbocycles. The van der Waals surface area contributed by atoms with Gasteiger partial charge in [-0.05, 0) is 24.5 Å². The summed E-state index contributed by atoms with van der Waals surface area (Å²) in [5.74, 6) is 0.545. The maximum atomic E-state index is 11.9. The van der Waals surface area contributed by atoms with Gasteiger partial charge in [0.1, 0.15) is 0 Å². The molecule has 0 fully saturated rings. The fraction of sp³-hybridized carbons (Fsp3) is 0.455. The highest BCUT2D eigenvalue weighted by Gasteiger charge is 2.17. The van der Waals surface area contributed by atoms with E-state index in [2.05, 4.69) is 0 Å².